The number of furan rings is 1. The Bertz CT molecular complexity index is 574. The lowest BCUT2D eigenvalue weighted by Crippen LogP contribution is -2.23. The molecule has 0 amide bonds. The summed E-state index contributed by atoms with van der Waals surface area (Å²) in [7, 11) is 0. The maximum Gasteiger partial charge on any atom is 0.134 e. The average Bonchev–Trinajstić information content (AvgIpc) is 2.71. The van der Waals surface area contributed by atoms with E-state index in [-0.39, 0.29) is 11.9 Å². The molecule has 0 spiro atoms. The van der Waals surface area contributed by atoms with E-state index in [0.29, 0.717) is 5.92 Å². The van der Waals surface area contributed by atoms with Crippen molar-refractivity contribution in [1.29, 1.82) is 0 Å². The van der Waals surface area contributed by atoms with Crippen LogP contribution in [0.15, 0.2) is 22.6 Å². The molecule has 1 heterocycles. The van der Waals surface area contributed by atoms with Crippen LogP contribution in [0, 0.1) is 18.7 Å². The monoisotopic (exact) mass is 277 g/mol. The van der Waals surface area contributed by atoms with Gasteiger partial charge in [-0.15, -0.1) is 0 Å². The first-order valence-corrected chi connectivity index (χ1v) is 7.44. The first-order valence-electron chi connectivity index (χ1n) is 7.44. The second-order valence-electron chi connectivity index (χ2n) is 5.87. The fourth-order valence-corrected chi connectivity index (χ4v) is 2.62. The Morgan fingerprint density at radius 2 is 2.05 bits per heavy atom. The van der Waals surface area contributed by atoms with Crippen LogP contribution in [-0.2, 0) is 0 Å². The van der Waals surface area contributed by atoms with Crippen LogP contribution in [0.5, 0.6) is 0 Å². The molecule has 1 unspecified atom stereocenters. The minimum atomic E-state index is -0.213. The van der Waals surface area contributed by atoms with Gasteiger partial charge in [0.2, 0.25) is 0 Å². The molecule has 110 valence electrons. The predicted molar refractivity (Wildman–Crippen MR) is 81.4 cm³/mol. The summed E-state index contributed by atoms with van der Waals surface area (Å²) in [6.07, 6.45) is 2.10. The Morgan fingerprint density at radius 3 is 2.70 bits per heavy atom. The van der Waals surface area contributed by atoms with E-state index in [9.17, 15) is 4.39 Å². The number of halogens is 1. The molecule has 0 aliphatic carbocycles. The van der Waals surface area contributed by atoms with E-state index in [4.69, 9.17) is 4.42 Å². The van der Waals surface area contributed by atoms with Crippen molar-refractivity contribution in [3.05, 3.63) is 35.3 Å². The van der Waals surface area contributed by atoms with Gasteiger partial charge in [-0.05, 0) is 50.4 Å². The zero-order valence-corrected chi connectivity index (χ0v) is 12.8. The Hall–Kier alpha value is -1.35. The van der Waals surface area contributed by atoms with E-state index >= 15 is 0 Å². The maximum absolute atomic E-state index is 13.4. The molecule has 0 aliphatic heterocycles. The highest BCUT2D eigenvalue weighted by Crippen LogP contribution is 2.32. The molecule has 0 aliphatic rings. The molecule has 0 fully saturated rings. The first-order chi connectivity index (χ1) is 9.52. The third kappa shape index (κ3) is 3.21. The van der Waals surface area contributed by atoms with Crippen LogP contribution >= 0.6 is 0 Å². The van der Waals surface area contributed by atoms with E-state index in [0.717, 1.165) is 41.7 Å². The number of aryl methyl sites for hydroxylation is 1. The number of hydrogen-bond donors (Lipinski definition) is 1. The lowest BCUT2D eigenvalue weighted by atomic mass is 9.98. The van der Waals surface area contributed by atoms with E-state index in [1.54, 1.807) is 12.1 Å². The number of nitrogens with one attached hydrogen (secondary N) is 1. The van der Waals surface area contributed by atoms with Gasteiger partial charge in [0, 0.05) is 10.9 Å². The summed E-state index contributed by atoms with van der Waals surface area (Å²) in [6, 6.07) is 4.92. The Morgan fingerprint density at radius 1 is 1.30 bits per heavy atom. The molecule has 1 N–H and O–H groups in total. The molecule has 2 nitrogen and oxygen atoms in total. The standard InChI is InChI=1S/C17H24FNO/c1-5-8-19-15(9-11(2)3)17-12(4)14-10-13(18)6-7-16(14)20-17/h6-7,10-11,15,19H,5,8-9H2,1-4H3. The number of fused-ring (bicyclic) bond motifs is 1. The molecular formula is C17H24FNO. The predicted octanol–water partition coefficient (Wildman–Crippen LogP) is 4.97. The molecular weight excluding hydrogens is 253 g/mol. The fraction of sp³-hybridized carbons (Fsp3) is 0.529. The Kier molecular flexibility index (Phi) is 4.81. The second kappa shape index (κ2) is 6.40. The second-order valence-corrected chi connectivity index (χ2v) is 5.87. The molecule has 0 radical (unpaired) electrons. The summed E-state index contributed by atoms with van der Waals surface area (Å²) >= 11 is 0. The van der Waals surface area contributed by atoms with Gasteiger partial charge in [-0.25, -0.2) is 4.39 Å². The van der Waals surface area contributed by atoms with Crippen LogP contribution in [-0.4, -0.2) is 6.54 Å². The molecule has 3 heteroatoms. The molecule has 1 atom stereocenters. The van der Waals surface area contributed by atoms with Crippen LogP contribution in [0.4, 0.5) is 4.39 Å². The molecule has 0 bridgehead atoms. The first kappa shape index (κ1) is 15.0. The van der Waals surface area contributed by atoms with Crippen LogP contribution < -0.4 is 5.32 Å². The van der Waals surface area contributed by atoms with Gasteiger partial charge in [0.15, 0.2) is 0 Å². The highest BCUT2D eigenvalue weighted by molar-refractivity contribution is 5.82. The van der Waals surface area contributed by atoms with Crippen molar-refractivity contribution >= 4 is 11.0 Å². The number of hydrogen-bond acceptors (Lipinski definition) is 2. The third-order valence-electron chi connectivity index (χ3n) is 3.60. The van der Waals surface area contributed by atoms with Crippen LogP contribution in [0.25, 0.3) is 11.0 Å². The zero-order valence-electron chi connectivity index (χ0n) is 12.8. The van der Waals surface area contributed by atoms with Crippen molar-refractivity contribution in [1.82, 2.24) is 5.32 Å². The van der Waals surface area contributed by atoms with Gasteiger partial charge >= 0.3 is 0 Å². The van der Waals surface area contributed by atoms with E-state index in [1.807, 2.05) is 6.92 Å². The summed E-state index contributed by atoms with van der Waals surface area (Å²) in [5.74, 6) is 1.32. The highest BCUT2D eigenvalue weighted by Gasteiger charge is 2.21. The van der Waals surface area contributed by atoms with E-state index in [2.05, 4.69) is 26.1 Å². The summed E-state index contributed by atoms with van der Waals surface area (Å²) < 4.78 is 19.4. The number of benzene rings is 1. The summed E-state index contributed by atoms with van der Waals surface area (Å²) in [4.78, 5) is 0. The van der Waals surface area contributed by atoms with Gasteiger partial charge in [-0.3, -0.25) is 0 Å². The van der Waals surface area contributed by atoms with Crippen molar-refractivity contribution in [2.75, 3.05) is 6.54 Å². The van der Waals surface area contributed by atoms with Crippen molar-refractivity contribution in [3.8, 4) is 0 Å². The minimum Gasteiger partial charge on any atom is -0.459 e. The largest absolute Gasteiger partial charge is 0.459 e. The molecule has 1 aromatic carbocycles. The topological polar surface area (TPSA) is 25.2 Å². The molecule has 20 heavy (non-hydrogen) atoms. The van der Waals surface area contributed by atoms with Crippen LogP contribution in [0.3, 0.4) is 0 Å². The fourth-order valence-electron chi connectivity index (χ4n) is 2.62. The smallest absolute Gasteiger partial charge is 0.134 e. The maximum atomic E-state index is 13.4. The lowest BCUT2D eigenvalue weighted by Gasteiger charge is -2.19. The van der Waals surface area contributed by atoms with Gasteiger partial charge in [-0.2, -0.15) is 0 Å². The molecule has 0 saturated heterocycles. The quantitative estimate of drug-likeness (QED) is 0.806. The van der Waals surface area contributed by atoms with E-state index < -0.39 is 0 Å². The van der Waals surface area contributed by atoms with Gasteiger partial charge < -0.3 is 9.73 Å². The van der Waals surface area contributed by atoms with Gasteiger partial charge in [0.1, 0.15) is 17.2 Å². The molecule has 0 saturated carbocycles. The van der Waals surface area contributed by atoms with Gasteiger partial charge in [-0.1, -0.05) is 20.8 Å². The van der Waals surface area contributed by atoms with Gasteiger partial charge in [0.25, 0.3) is 0 Å². The highest BCUT2D eigenvalue weighted by atomic mass is 19.1. The number of rotatable bonds is 6. The lowest BCUT2D eigenvalue weighted by molar-refractivity contribution is 0.369. The Labute approximate surface area is 120 Å². The summed E-state index contributed by atoms with van der Waals surface area (Å²) in [6.45, 7) is 9.54. The summed E-state index contributed by atoms with van der Waals surface area (Å²) in [5.41, 5.74) is 1.82. The Balaban J connectivity index is 2.38. The van der Waals surface area contributed by atoms with Crippen LogP contribution in [0.2, 0.25) is 0 Å². The normalized spacial score (nSPS) is 13.3. The van der Waals surface area contributed by atoms with Crippen molar-refractivity contribution in [2.45, 2.75) is 46.6 Å². The molecule has 1 aromatic heterocycles. The third-order valence-corrected chi connectivity index (χ3v) is 3.60. The molecule has 2 aromatic rings. The molecule has 2 rings (SSSR count). The van der Waals surface area contributed by atoms with Crippen molar-refractivity contribution < 1.29 is 8.81 Å². The summed E-state index contributed by atoms with van der Waals surface area (Å²) in [5, 5.41) is 4.43. The average molecular weight is 277 g/mol. The van der Waals surface area contributed by atoms with Crippen LogP contribution in [0.1, 0.15) is 51.0 Å². The van der Waals surface area contributed by atoms with Gasteiger partial charge in [0.05, 0.1) is 6.04 Å². The zero-order chi connectivity index (χ0) is 14.7. The van der Waals surface area contributed by atoms with Crippen molar-refractivity contribution in [2.24, 2.45) is 5.92 Å². The minimum absolute atomic E-state index is 0.199. The SMILES string of the molecule is CCCNC(CC(C)C)c1oc2ccc(F)cc2c1C. The van der Waals surface area contributed by atoms with E-state index in [1.165, 1.54) is 6.07 Å². The van der Waals surface area contributed by atoms with Crippen molar-refractivity contribution in [3.63, 3.8) is 0 Å².